The van der Waals surface area contributed by atoms with Crippen molar-refractivity contribution in [1.82, 2.24) is 9.97 Å². The molecule has 0 aliphatic heterocycles. The highest BCUT2D eigenvalue weighted by atomic mass is 35.5. The van der Waals surface area contributed by atoms with E-state index in [0.717, 1.165) is 22.6 Å². The SMILES string of the molecule is CCN(CC(C)(C)O)c1nc(Cl)nc2sc(C)cc12. The summed E-state index contributed by atoms with van der Waals surface area (Å²) in [5, 5.41) is 11.3. The Morgan fingerprint density at radius 2 is 2.11 bits per heavy atom. The molecule has 2 aromatic rings. The second kappa shape index (κ2) is 5.23. The monoisotopic (exact) mass is 299 g/mol. The van der Waals surface area contributed by atoms with Gasteiger partial charge in [0.1, 0.15) is 10.6 Å². The van der Waals surface area contributed by atoms with Gasteiger partial charge in [0, 0.05) is 18.0 Å². The molecular weight excluding hydrogens is 282 g/mol. The van der Waals surface area contributed by atoms with E-state index >= 15 is 0 Å². The van der Waals surface area contributed by atoms with Gasteiger partial charge in [0.2, 0.25) is 5.28 Å². The van der Waals surface area contributed by atoms with Crippen molar-refractivity contribution in [3.63, 3.8) is 0 Å². The normalized spacial score (nSPS) is 12.1. The predicted octanol–water partition coefficient (Wildman–Crippen LogP) is 3.25. The highest BCUT2D eigenvalue weighted by molar-refractivity contribution is 7.18. The Morgan fingerprint density at radius 3 is 2.68 bits per heavy atom. The fourth-order valence-corrected chi connectivity index (χ4v) is 3.13. The highest BCUT2D eigenvalue weighted by Gasteiger charge is 2.21. The summed E-state index contributed by atoms with van der Waals surface area (Å²) in [6.45, 7) is 8.90. The Labute approximate surface area is 122 Å². The van der Waals surface area contributed by atoms with Gasteiger partial charge in [0.25, 0.3) is 0 Å². The third-order valence-corrected chi connectivity index (χ3v) is 3.84. The van der Waals surface area contributed by atoms with Gasteiger partial charge in [-0.25, -0.2) is 4.98 Å². The van der Waals surface area contributed by atoms with Crippen LogP contribution in [0.4, 0.5) is 5.82 Å². The Kier molecular flexibility index (Phi) is 3.99. The van der Waals surface area contributed by atoms with E-state index in [1.165, 1.54) is 4.88 Å². The second-order valence-electron chi connectivity index (χ2n) is 5.22. The summed E-state index contributed by atoms with van der Waals surface area (Å²) in [5.74, 6) is 0.795. The summed E-state index contributed by atoms with van der Waals surface area (Å²) in [6.07, 6.45) is 0. The lowest BCUT2D eigenvalue weighted by molar-refractivity contribution is 0.0875. The largest absolute Gasteiger partial charge is 0.389 e. The molecule has 19 heavy (non-hydrogen) atoms. The topological polar surface area (TPSA) is 49.2 Å². The average Bonchev–Trinajstić information content (AvgIpc) is 2.63. The van der Waals surface area contributed by atoms with Crippen LogP contribution in [0.2, 0.25) is 5.28 Å². The van der Waals surface area contributed by atoms with Gasteiger partial charge >= 0.3 is 0 Å². The lowest BCUT2D eigenvalue weighted by Crippen LogP contribution is -2.39. The third-order valence-electron chi connectivity index (χ3n) is 2.73. The molecule has 1 N–H and O–H groups in total. The molecule has 2 aromatic heterocycles. The lowest BCUT2D eigenvalue weighted by atomic mass is 10.1. The maximum absolute atomic E-state index is 10.0. The molecule has 0 spiro atoms. The standard InChI is InChI=1S/C13H18ClN3OS/c1-5-17(7-13(3,4)18)10-9-6-8(2)19-11(9)16-12(14)15-10/h6,18H,5,7H2,1-4H3. The van der Waals surface area contributed by atoms with E-state index in [4.69, 9.17) is 11.6 Å². The highest BCUT2D eigenvalue weighted by Crippen LogP contribution is 2.32. The van der Waals surface area contributed by atoms with E-state index in [-0.39, 0.29) is 5.28 Å². The Hall–Kier alpha value is -0.910. The van der Waals surface area contributed by atoms with Crippen LogP contribution < -0.4 is 4.90 Å². The van der Waals surface area contributed by atoms with E-state index in [9.17, 15) is 5.11 Å². The zero-order valence-electron chi connectivity index (χ0n) is 11.6. The van der Waals surface area contributed by atoms with E-state index in [2.05, 4.69) is 16.0 Å². The van der Waals surface area contributed by atoms with E-state index in [1.54, 1.807) is 25.2 Å². The van der Waals surface area contributed by atoms with Crippen LogP contribution in [-0.4, -0.2) is 33.8 Å². The molecule has 0 aliphatic rings. The maximum atomic E-state index is 10.0. The summed E-state index contributed by atoms with van der Waals surface area (Å²) < 4.78 is 0. The number of aromatic nitrogens is 2. The zero-order valence-corrected chi connectivity index (χ0v) is 13.1. The van der Waals surface area contributed by atoms with Gasteiger partial charge in [0.15, 0.2) is 0 Å². The molecule has 0 atom stereocenters. The van der Waals surface area contributed by atoms with Gasteiger partial charge in [-0.15, -0.1) is 11.3 Å². The molecule has 4 nitrogen and oxygen atoms in total. The first-order valence-electron chi connectivity index (χ1n) is 6.21. The van der Waals surface area contributed by atoms with Crippen LogP contribution in [-0.2, 0) is 0 Å². The average molecular weight is 300 g/mol. The first kappa shape index (κ1) is 14.5. The summed E-state index contributed by atoms with van der Waals surface area (Å²) in [4.78, 5) is 12.7. The van der Waals surface area contributed by atoms with Crippen LogP contribution in [0.5, 0.6) is 0 Å². The fourth-order valence-electron chi connectivity index (χ4n) is 2.05. The first-order valence-corrected chi connectivity index (χ1v) is 7.40. The molecule has 0 radical (unpaired) electrons. The molecule has 0 saturated heterocycles. The minimum absolute atomic E-state index is 0.249. The van der Waals surface area contributed by atoms with Gasteiger partial charge < -0.3 is 10.0 Å². The zero-order chi connectivity index (χ0) is 14.2. The number of thiophene rings is 1. The Morgan fingerprint density at radius 1 is 1.42 bits per heavy atom. The van der Waals surface area contributed by atoms with Gasteiger partial charge in [-0.3, -0.25) is 0 Å². The van der Waals surface area contributed by atoms with Crippen LogP contribution in [0.1, 0.15) is 25.6 Å². The number of fused-ring (bicyclic) bond motifs is 1. The number of anilines is 1. The molecule has 2 rings (SSSR count). The number of aryl methyl sites for hydroxylation is 1. The van der Waals surface area contributed by atoms with Gasteiger partial charge in [-0.2, -0.15) is 4.98 Å². The number of halogens is 1. The van der Waals surface area contributed by atoms with Crippen molar-refractivity contribution in [3.8, 4) is 0 Å². The van der Waals surface area contributed by atoms with Gasteiger partial charge in [-0.1, -0.05) is 0 Å². The van der Waals surface area contributed by atoms with Crippen molar-refractivity contribution in [2.45, 2.75) is 33.3 Å². The summed E-state index contributed by atoms with van der Waals surface area (Å²) in [6, 6.07) is 2.07. The first-order chi connectivity index (χ1) is 8.80. The molecule has 0 aliphatic carbocycles. The Bertz CT molecular complexity index is 591. The summed E-state index contributed by atoms with van der Waals surface area (Å²) in [7, 11) is 0. The molecule has 6 heteroatoms. The van der Waals surface area contributed by atoms with Crippen molar-refractivity contribution in [2.75, 3.05) is 18.0 Å². The number of hydrogen-bond acceptors (Lipinski definition) is 5. The molecule has 0 saturated carbocycles. The lowest BCUT2D eigenvalue weighted by Gasteiger charge is -2.29. The van der Waals surface area contributed by atoms with Crippen molar-refractivity contribution in [2.24, 2.45) is 0 Å². The van der Waals surface area contributed by atoms with Gasteiger partial charge in [-0.05, 0) is 45.4 Å². The number of aliphatic hydroxyl groups is 1. The molecule has 0 fully saturated rings. The van der Waals surface area contributed by atoms with E-state index in [1.807, 2.05) is 18.7 Å². The number of likely N-dealkylation sites (N-methyl/N-ethyl adjacent to an activating group) is 1. The molecule has 0 amide bonds. The Balaban J connectivity index is 2.52. The van der Waals surface area contributed by atoms with Crippen LogP contribution >= 0.6 is 22.9 Å². The van der Waals surface area contributed by atoms with Crippen LogP contribution in [0.25, 0.3) is 10.2 Å². The minimum atomic E-state index is -0.787. The molecular formula is C13H18ClN3OS. The van der Waals surface area contributed by atoms with Crippen molar-refractivity contribution in [3.05, 3.63) is 16.2 Å². The fraction of sp³-hybridized carbons (Fsp3) is 0.538. The molecule has 2 heterocycles. The number of hydrogen-bond donors (Lipinski definition) is 1. The van der Waals surface area contributed by atoms with Crippen LogP contribution in [0.15, 0.2) is 6.07 Å². The quantitative estimate of drug-likeness (QED) is 0.881. The van der Waals surface area contributed by atoms with Crippen LogP contribution in [0.3, 0.4) is 0 Å². The smallest absolute Gasteiger partial charge is 0.225 e. The summed E-state index contributed by atoms with van der Waals surface area (Å²) >= 11 is 7.60. The number of rotatable bonds is 4. The number of nitrogens with zero attached hydrogens (tertiary/aromatic N) is 3. The summed E-state index contributed by atoms with van der Waals surface area (Å²) in [5.41, 5.74) is -0.787. The minimum Gasteiger partial charge on any atom is -0.389 e. The van der Waals surface area contributed by atoms with Crippen molar-refractivity contribution >= 4 is 39.0 Å². The van der Waals surface area contributed by atoms with Crippen LogP contribution in [0, 0.1) is 6.92 Å². The van der Waals surface area contributed by atoms with Gasteiger partial charge in [0.05, 0.1) is 11.0 Å². The second-order valence-corrected chi connectivity index (χ2v) is 6.79. The maximum Gasteiger partial charge on any atom is 0.225 e. The van der Waals surface area contributed by atoms with Crippen molar-refractivity contribution < 1.29 is 5.11 Å². The third kappa shape index (κ3) is 3.35. The van der Waals surface area contributed by atoms with E-state index < -0.39 is 5.60 Å². The van der Waals surface area contributed by atoms with E-state index in [0.29, 0.717) is 6.54 Å². The molecule has 0 bridgehead atoms. The molecule has 0 aromatic carbocycles. The van der Waals surface area contributed by atoms with Crippen molar-refractivity contribution in [1.29, 1.82) is 0 Å². The molecule has 0 unspecified atom stereocenters. The predicted molar refractivity (Wildman–Crippen MR) is 81.3 cm³/mol. The molecule has 104 valence electrons.